The van der Waals surface area contributed by atoms with Crippen molar-refractivity contribution in [1.29, 1.82) is 0 Å². The fourth-order valence-electron chi connectivity index (χ4n) is 0. The van der Waals surface area contributed by atoms with Gasteiger partial charge in [-0.05, 0) is 0 Å². The average molecular weight is 93.1 g/mol. The first-order valence-corrected chi connectivity index (χ1v) is 3.47. The van der Waals surface area contributed by atoms with Crippen LogP contribution < -0.4 is 0 Å². The van der Waals surface area contributed by atoms with Gasteiger partial charge in [0, 0.05) is 0 Å². The van der Waals surface area contributed by atoms with E-state index in [-0.39, 0.29) is 0 Å². The Balaban J connectivity index is 2.80. The molecule has 0 aromatic heterocycles. The minimum absolute atomic E-state index is 1.72. The summed E-state index contributed by atoms with van der Waals surface area (Å²) < 4.78 is 9.11. The van der Waals surface area contributed by atoms with Crippen LogP contribution in [0.4, 0.5) is 0 Å². The van der Waals surface area contributed by atoms with Gasteiger partial charge in [-0.2, -0.15) is 4.89 Å². The molecule has 0 heterocycles. The predicted molar refractivity (Wildman–Crippen MR) is 17.0 cm³/mol. The SMILES string of the molecule is O=[P+](O)[SiH]. The van der Waals surface area contributed by atoms with E-state index in [0.717, 1.165) is 0 Å². The Hall–Kier alpha value is 0.277. The largest absolute Gasteiger partial charge is 0.452 e. The fourth-order valence-corrected chi connectivity index (χ4v) is 0. The summed E-state index contributed by atoms with van der Waals surface area (Å²) in [5.74, 6) is 0. The van der Waals surface area contributed by atoms with E-state index in [2.05, 4.69) is 0 Å². The van der Waals surface area contributed by atoms with Crippen molar-refractivity contribution >= 4 is 17.5 Å². The van der Waals surface area contributed by atoms with Crippen molar-refractivity contribution in [2.75, 3.05) is 0 Å². The first-order chi connectivity index (χ1) is 1.73. The third-order valence-corrected chi connectivity index (χ3v) is 0. The normalized spacial score (nSPS) is 11.0. The maximum atomic E-state index is 9.11. The molecule has 2 nitrogen and oxygen atoms in total. The molecule has 0 fully saturated rings. The van der Waals surface area contributed by atoms with E-state index in [1.165, 1.54) is 0 Å². The zero-order valence-corrected chi connectivity index (χ0v) is 3.93. The van der Waals surface area contributed by atoms with Gasteiger partial charge in [0.2, 0.25) is 0 Å². The highest BCUT2D eigenvalue weighted by molar-refractivity contribution is 7.66. The Labute approximate surface area is 28.0 Å². The molecule has 1 unspecified atom stereocenters. The van der Waals surface area contributed by atoms with Gasteiger partial charge in [0.15, 0.2) is 0 Å². The average Bonchev–Trinajstić information content (AvgIpc) is 0.811. The second kappa shape index (κ2) is 1.58. The Kier molecular flexibility index (Phi) is 1.69. The Morgan fingerprint density at radius 1 is 2.00 bits per heavy atom. The van der Waals surface area contributed by atoms with Gasteiger partial charge in [0.05, 0.1) is 0 Å². The highest BCUT2D eigenvalue weighted by atomic mass is 31.4. The smallest absolute Gasteiger partial charge is 0.174 e. The van der Waals surface area contributed by atoms with Crippen LogP contribution in [0.5, 0.6) is 0 Å². The van der Waals surface area contributed by atoms with E-state index in [1.807, 2.05) is 0 Å². The van der Waals surface area contributed by atoms with E-state index < -0.39 is 7.58 Å². The summed E-state index contributed by atoms with van der Waals surface area (Å²) in [4.78, 5) is 7.53. The molecule has 4 heavy (non-hydrogen) atoms. The molecule has 1 N–H and O–H groups in total. The lowest BCUT2D eigenvalue weighted by atomic mass is 15.9. The number of hydrogen-bond donors (Lipinski definition) is 1. The molecule has 1 atom stereocenters. The molecule has 22 valence electrons. The van der Waals surface area contributed by atoms with Gasteiger partial charge < -0.3 is 0 Å². The maximum Gasteiger partial charge on any atom is 0.452 e. The lowest BCUT2D eigenvalue weighted by Crippen LogP contribution is -1.40. The molecule has 0 aromatic carbocycles. The molecule has 0 saturated carbocycles. The van der Waals surface area contributed by atoms with Gasteiger partial charge in [-0.15, -0.1) is 0 Å². The van der Waals surface area contributed by atoms with E-state index in [4.69, 9.17) is 9.46 Å². The quantitative estimate of drug-likeness (QED) is 0.325. The zero-order valence-electron chi connectivity index (χ0n) is 1.88. The van der Waals surface area contributed by atoms with Crippen molar-refractivity contribution in [2.45, 2.75) is 0 Å². The van der Waals surface area contributed by atoms with Crippen LogP contribution in [0.25, 0.3) is 0 Å². The van der Waals surface area contributed by atoms with E-state index >= 15 is 0 Å². The molecular weight excluding hydrogens is 91.1 g/mol. The van der Waals surface area contributed by atoms with Crippen molar-refractivity contribution in [3.8, 4) is 0 Å². The van der Waals surface area contributed by atoms with Gasteiger partial charge in [-0.3, -0.25) is 0 Å². The van der Waals surface area contributed by atoms with Crippen LogP contribution in [0.2, 0.25) is 0 Å². The molecule has 0 saturated heterocycles. The first-order valence-electron chi connectivity index (χ1n) is 0.641. The van der Waals surface area contributed by atoms with Gasteiger partial charge in [-0.1, -0.05) is 4.57 Å². The minimum Gasteiger partial charge on any atom is -0.174 e. The van der Waals surface area contributed by atoms with Gasteiger partial charge >= 0.3 is 17.5 Å². The maximum absolute atomic E-state index is 9.11. The molecule has 0 spiro atoms. The lowest BCUT2D eigenvalue weighted by Gasteiger charge is -1.36. The van der Waals surface area contributed by atoms with Crippen molar-refractivity contribution in [1.82, 2.24) is 0 Å². The third kappa shape index (κ3) is 48.4. The third-order valence-electron chi connectivity index (χ3n) is 0. The lowest BCUT2D eigenvalue weighted by molar-refractivity contribution is 0.518. The summed E-state index contributed by atoms with van der Waals surface area (Å²) in [6.45, 7) is 0. The second-order valence-corrected chi connectivity index (χ2v) is 2.23. The highest BCUT2D eigenvalue weighted by Gasteiger charge is 1.88. The number of rotatable bonds is 0. The zero-order chi connectivity index (χ0) is 3.58. The molecule has 0 aliphatic carbocycles. The molecule has 0 aliphatic rings. The van der Waals surface area contributed by atoms with Crippen LogP contribution in [0.3, 0.4) is 0 Å². The summed E-state index contributed by atoms with van der Waals surface area (Å²) in [5, 5.41) is 0. The first kappa shape index (κ1) is 4.28. The molecule has 0 amide bonds. The van der Waals surface area contributed by atoms with Crippen LogP contribution >= 0.6 is 7.58 Å². The summed E-state index contributed by atoms with van der Waals surface area (Å²) >= 11 is 0. The van der Waals surface area contributed by atoms with E-state index in [0.29, 0.717) is 0 Å². The Bertz CT molecular complexity index is 29.0. The molecule has 0 aliphatic heterocycles. The van der Waals surface area contributed by atoms with Crippen LogP contribution in [0, 0.1) is 0 Å². The highest BCUT2D eigenvalue weighted by Crippen LogP contribution is 1.97. The summed E-state index contributed by atoms with van der Waals surface area (Å²) in [7, 11) is -0.231. The topological polar surface area (TPSA) is 37.3 Å². The van der Waals surface area contributed by atoms with Gasteiger partial charge in [-0.25, -0.2) is 0 Å². The molecule has 0 aromatic rings. The molecule has 4 heteroatoms. The fraction of sp³-hybridized carbons (Fsp3) is 0. The monoisotopic (exact) mass is 93.0 g/mol. The van der Waals surface area contributed by atoms with Crippen molar-refractivity contribution in [3.63, 3.8) is 0 Å². The van der Waals surface area contributed by atoms with Crippen LogP contribution in [-0.4, -0.2) is 14.8 Å². The van der Waals surface area contributed by atoms with Crippen molar-refractivity contribution in [3.05, 3.63) is 0 Å². The minimum atomic E-state index is -1.95. The Morgan fingerprint density at radius 2 is 2.00 bits per heavy atom. The van der Waals surface area contributed by atoms with Crippen LogP contribution in [0.15, 0.2) is 0 Å². The van der Waals surface area contributed by atoms with Gasteiger partial charge in [0.1, 0.15) is 0 Å². The molecular formula is H2O2PSi+. The molecule has 2 radical (unpaired) electrons. The summed E-state index contributed by atoms with van der Waals surface area (Å²) in [6, 6.07) is 0. The second-order valence-electron chi connectivity index (χ2n) is 0.303. The van der Waals surface area contributed by atoms with Crippen molar-refractivity contribution in [2.24, 2.45) is 0 Å². The van der Waals surface area contributed by atoms with Crippen LogP contribution in [-0.2, 0) is 4.57 Å². The predicted octanol–water partition coefficient (Wildman–Crippen LogP) is -0.463. The molecule has 0 bridgehead atoms. The van der Waals surface area contributed by atoms with Gasteiger partial charge in [0.25, 0.3) is 0 Å². The summed E-state index contributed by atoms with van der Waals surface area (Å²) in [5.41, 5.74) is 0. The molecule has 0 rings (SSSR count). The Morgan fingerprint density at radius 3 is 2.00 bits per heavy atom. The number of hydrogen-bond acceptors (Lipinski definition) is 1. The van der Waals surface area contributed by atoms with Crippen molar-refractivity contribution < 1.29 is 9.46 Å². The van der Waals surface area contributed by atoms with Crippen LogP contribution in [0.1, 0.15) is 0 Å². The van der Waals surface area contributed by atoms with E-state index in [9.17, 15) is 0 Å². The standard InChI is InChI=1S/H2O2PSi/c1-3(2)4/h4H,(H,1,2)/q+1. The van der Waals surface area contributed by atoms with E-state index in [1.54, 1.807) is 9.91 Å². The summed E-state index contributed by atoms with van der Waals surface area (Å²) in [6.07, 6.45) is 0.